The van der Waals surface area contributed by atoms with Crippen LogP contribution in [-0.4, -0.2) is 41.1 Å². The molecule has 0 atom stereocenters. The monoisotopic (exact) mass is 296 g/mol. The Morgan fingerprint density at radius 3 is 2.24 bits per heavy atom. The van der Waals surface area contributed by atoms with Crippen molar-refractivity contribution in [2.24, 2.45) is 11.3 Å². The van der Waals surface area contributed by atoms with Gasteiger partial charge in [-0.15, -0.1) is 0 Å². The van der Waals surface area contributed by atoms with E-state index in [9.17, 15) is 14.7 Å². The normalized spacial score (nSPS) is 29.0. The highest BCUT2D eigenvalue weighted by atomic mass is 16.4. The molecule has 2 rings (SSSR count). The van der Waals surface area contributed by atoms with Gasteiger partial charge in [-0.05, 0) is 51.4 Å². The van der Waals surface area contributed by atoms with Gasteiger partial charge in [-0.1, -0.05) is 13.3 Å². The molecule has 0 radical (unpaired) electrons. The SMILES string of the molecule is CCC1CCC(NC(=O)N2CCC(C)(C(=O)O)CC2)CC1. The second-order valence-electron chi connectivity index (χ2n) is 6.93. The van der Waals surface area contributed by atoms with Crippen LogP contribution in [0.1, 0.15) is 58.8 Å². The zero-order valence-corrected chi connectivity index (χ0v) is 13.2. The van der Waals surface area contributed by atoms with Crippen LogP contribution < -0.4 is 5.32 Å². The number of hydrogen-bond donors (Lipinski definition) is 2. The van der Waals surface area contributed by atoms with E-state index in [1.807, 2.05) is 0 Å². The van der Waals surface area contributed by atoms with Gasteiger partial charge >= 0.3 is 12.0 Å². The molecular formula is C16H28N2O3. The number of hydrogen-bond acceptors (Lipinski definition) is 2. The van der Waals surface area contributed by atoms with Crippen molar-refractivity contribution < 1.29 is 14.7 Å². The van der Waals surface area contributed by atoms with E-state index < -0.39 is 11.4 Å². The van der Waals surface area contributed by atoms with E-state index in [1.54, 1.807) is 11.8 Å². The molecule has 0 bridgehead atoms. The summed E-state index contributed by atoms with van der Waals surface area (Å²) in [5.74, 6) is 0.0739. The molecule has 0 aromatic rings. The van der Waals surface area contributed by atoms with Gasteiger partial charge in [0.25, 0.3) is 0 Å². The van der Waals surface area contributed by atoms with Crippen LogP contribution in [0.25, 0.3) is 0 Å². The van der Waals surface area contributed by atoms with Crippen LogP contribution in [0.2, 0.25) is 0 Å². The minimum atomic E-state index is -0.750. The summed E-state index contributed by atoms with van der Waals surface area (Å²) in [4.78, 5) is 25.2. The topological polar surface area (TPSA) is 69.6 Å². The number of carboxylic acids is 1. The largest absolute Gasteiger partial charge is 0.481 e. The van der Waals surface area contributed by atoms with Gasteiger partial charge in [0.05, 0.1) is 5.41 Å². The van der Waals surface area contributed by atoms with Crippen molar-refractivity contribution in [1.29, 1.82) is 0 Å². The minimum absolute atomic E-state index is 0.0117. The Kier molecular flexibility index (Phi) is 5.12. The lowest BCUT2D eigenvalue weighted by Gasteiger charge is -2.37. The zero-order valence-electron chi connectivity index (χ0n) is 13.2. The van der Waals surface area contributed by atoms with Gasteiger partial charge in [0, 0.05) is 19.1 Å². The molecule has 1 heterocycles. The molecule has 120 valence electrons. The van der Waals surface area contributed by atoms with Gasteiger partial charge < -0.3 is 15.3 Å². The van der Waals surface area contributed by atoms with E-state index in [-0.39, 0.29) is 6.03 Å². The number of nitrogens with zero attached hydrogens (tertiary/aromatic N) is 1. The summed E-state index contributed by atoms with van der Waals surface area (Å²) in [6.07, 6.45) is 6.88. The van der Waals surface area contributed by atoms with Gasteiger partial charge in [0.2, 0.25) is 0 Å². The number of carbonyl (C=O) groups excluding carboxylic acids is 1. The lowest BCUT2D eigenvalue weighted by molar-refractivity contribution is -0.150. The first-order chi connectivity index (χ1) is 9.94. The number of rotatable bonds is 3. The van der Waals surface area contributed by atoms with E-state index in [0.29, 0.717) is 32.0 Å². The van der Waals surface area contributed by atoms with E-state index in [1.165, 1.54) is 19.3 Å². The second-order valence-corrected chi connectivity index (χ2v) is 6.93. The summed E-state index contributed by atoms with van der Waals surface area (Å²) in [6, 6.07) is 0.287. The van der Waals surface area contributed by atoms with Crippen LogP contribution in [-0.2, 0) is 4.79 Å². The Morgan fingerprint density at radius 2 is 1.76 bits per heavy atom. The predicted octanol–water partition coefficient (Wildman–Crippen LogP) is 2.85. The summed E-state index contributed by atoms with van der Waals surface area (Å²) in [7, 11) is 0. The number of carboxylic acid groups (broad SMARTS) is 1. The van der Waals surface area contributed by atoms with Gasteiger partial charge in [-0.3, -0.25) is 4.79 Å². The van der Waals surface area contributed by atoms with Crippen molar-refractivity contribution in [3.05, 3.63) is 0 Å². The van der Waals surface area contributed by atoms with Crippen LogP contribution in [0.5, 0.6) is 0 Å². The number of carbonyl (C=O) groups is 2. The standard InChI is InChI=1S/C16H28N2O3/c1-3-12-4-6-13(7-5-12)17-15(21)18-10-8-16(2,9-11-18)14(19)20/h12-13H,3-11H2,1-2H3,(H,17,21)(H,19,20). The zero-order chi connectivity index (χ0) is 15.5. The van der Waals surface area contributed by atoms with E-state index in [2.05, 4.69) is 12.2 Å². The quantitative estimate of drug-likeness (QED) is 0.841. The van der Waals surface area contributed by atoms with Crippen LogP contribution in [0.15, 0.2) is 0 Å². The van der Waals surface area contributed by atoms with Crippen molar-refractivity contribution in [3.63, 3.8) is 0 Å². The lowest BCUT2D eigenvalue weighted by Crippen LogP contribution is -2.51. The first-order valence-electron chi connectivity index (χ1n) is 8.23. The van der Waals surface area contributed by atoms with Crippen LogP contribution in [0.4, 0.5) is 4.79 Å². The van der Waals surface area contributed by atoms with Gasteiger partial charge in [0.1, 0.15) is 0 Å². The predicted molar refractivity (Wildman–Crippen MR) is 81.1 cm³/mol. The fourth-order valence-electron chi connectivity index (χ4n) is 3.40. The second kappa shape index (κ2) is 6.67. The summed E-state index contributed by atoms with van der Waals surface area (Å²) in [5.41, 5.74) is -0.671. The molecule has 0 aromatic heterocycles. The molecule has 1 saturated carbocycles. The number of urea groups is 1. The maximum Gasteiger partial charge on any atom is 0.317 e. The first kappa shape index (κ1) is 16.1. The molecule has 2 fully saturated rings. The van der Waals surface area contributed by atoms with Crippen LogP contribution in [0.3, 0.4) is 0 Å². The number of aliphatic carboxylic acids is 1. The van der Waals surface area contributed by atoms with Crippen molar-refractivity contribution in [3.8, 4) is 0 Å². The fourth-order valence-corrected chi connectivity index (χ4v) is 3.40. The Labute approximate surface area is 127 Å². The lowest BCUT2D eigenvalue weighted by atomic mass is 9.80. The van der Waals surface area contributed by atoms with Gasteiger partial charge in [-0.25, -0.2) is 4.79 Å². The van der Waals surface area contributed by atoms with Crippen LogP contribution in [0, 0.1) is 11.3 Å². The van der Waals surface area contributed by atoms with Crippen molar-refractivity contribution >= 4 is 12.0 Å². The number of nitrogens with one attached hydrogen (secondary N) is 1. The molecule has 2 aliphatic rings. The molecule has 21 heavy (non-hydrogen) atoms. The highest BCUT2D eigenvalue weighted by Gasteiger charge is 2.38. The number of likely N-dealkylation sites (tertiary alicyclic amines) is 1. The number of piperidine rings is 1. The fraction of sp³-hybridized carbons (Fsp3) is 0.875. The molecule has 5 heteroatoms. The molecule has 0 aromatic carbocycles. The van der Waals surface area contributed by atoms with Crippen molar-refractivity contribution in [1.82, 2.24) is 10.2 Å². The van der Waals surface area contributed by atoms with E-state index in [0.717, 1.165) is 18.8 Å². The molecule has 5 nitrogen and oxygen atoms in total. The maximum absolute atomic E-state index is 12.3. The highest BCUT2D eigenvalue weighted by Crippen LogP contribution is 2.31. The summed E-state index contributed by atoms with van der Waals surface area (Å²) in [6.45, 7) is 5.09. The third-order valence-electron chi connectivity index (χ3n) is 5.42. The third kappa shape index (κ3) is 3.89. The molecule has 0 unspecified atom stereocenters. The first-order valence-corrected chi connectivity index (χ1v) is 8.23. The smallest absolute Gasteiger partial charge is 0.317 e. The third-order valence-corrected chi connectivity index (χ3v) is 5.42. The molecule has 1 aliphatic carbocycles. The molecule has 2 N–H and O–H groups in total. The Morgan fingerprint density at radius 1 is 1.19 bits per heavy atom. The summed E-state index contributed by atoms with van der Waals surface area (Å²) < 4.78 is 0. The average molecular weight is 296 g/mol. The summed E-state index contributed by atoms with van der Waals surface area (Å²) >= 11 is 0. The number of amides is 2. The molecule has 1 aliphatic heterocycles. The average Bonchev–Trinajstić information content (AvgIpc) is 2.48. The van der Waals surface area contributed by atoms with E-state index in [4.69, 9.17) is 0 Å². The molecule has 0 spiro atoms. The highest BCUT2D eigenvalue weighted by molar-refractivity contribution is 5.77. The Balaban J connectivity index is 1.77. The van der Waals surface area contributed by atoms with E-state index >= 15 is 0 Å². The molecule has 2 amide bonds. The van der Waals surface area contributed by atoms with Crippen molar-refractivity contribution in [2.45, 2.75) is 64.8 Å². The Hall–Kier alpha value is -1.26. The van der Waals surface area contributed by atoms with Crippen LogP contribution >= 0.6 is 0 Å². The minimum Gasteiger partial charge on any atom is -0.481 e. The summed E-state index contributed by atoms with van der Waals surface area (Å²) in [5, 5.41) is 12.3. The molecule has 1 saturated heterocycles. The Bertz CT molecular complexity index is 381. The van der Waals surface area contributed by atoms with Gasteiger partial charge in [-0.2, -0.15) is 0 Å². The van der Waals surface area contributed by atoms with Gasteiger partial charge in [0.15, 0.2) is 0 Å². The van der Waals surface area contributed by atoms with Crippen molar-refractivity contribution in [2.75, 3.05) is 13.1 Å². The maximum atomic E-state index is 12.3. The molecular weight excluding hydrogens is 268 g/mol.